The Morgan fingerprint density at radius 3 is 2.38 bits per heavy atom. The first-order chi connectivity index (χ1) is 12.4. The SMILES string of the molecule is CC(=O)Nc1ccc(CC(=O)OCC(=O)NNC(=O)c2ccco2)cc1. The molecule has 0 saturated carbocycles. The Hall–Kier alpha value is -3.62. The minimum atomic E-state index is -0.695. The van der Waals surface area contributed by atoms with Crippen molar-refractivity contribution in [2.24, 2.45) is 0 Å². The zero-order valence-electron chi connectivity index (χ0n) is 13.9. The van der Waals surface area contributed by atoms with Crippen LogP contribution in [0.1, 0.15) is 23.0 Å². The van der Waals surface area contributed by atoms with E-state index in [9.17, 15) is 19.2 Å². The van der Waals surface area contributed by atoms with Crippen molar-refractivity contribution in [1.82, 2.24) is 10.9 Å². The quantitative estimate of drug-likeness (QED) is 0.517. The van der Waals surface area contributed by atoms with Crippen molar-refractivity contribution < 1.29 is 28.3 Å². The van der Waals surface area contributed by atoms with E-state index in [0.717, 1.165) is 0 Å². The maximum absolute atomic E-state index is 11.7. The highest BCUT2D eigenvalue weighted by Crippen LogP contribution is 2.10. The van der Waals surface area contributed by atoms with Crippen molar-refractivity contribution in [3.05, 3.63) is 54.0 Å². The van der Waals surface area contributed by atoms with Crippen LogP contribution in [-0.4, -0.2) is 30.3 Å². The predicted octanol–water partition coefficient (Wildman–Crippen LogP) is 0.785. The topological polar surface area (TPSA) is 127 Å². The van der Waals surface area contributed by atoms with Crippen LogP contribution in [0.5, 0.6) is 0 Å². The summed E-state index contributed by atoms with van der Waals surface area (Å²) in [6, 6.07) is 9.59. The van der Waals surface area contributed by atoms with Gasteiger partial charge in [-0.3, -0.25) is 30.0 Å². The summed E-state index contributed by atoms with van der Waals surface area (Å²) in [4.78, 5) is 45.7. The van der Waals surface area contributed by atoms with Gasteiger partial charge in [0.1, 0.15) is 0 Å². The van der Waals surface area contributed by atoms with Gasteiger partial charge in [-0.15, -0.1) is 0 Å². The van der Waals surface area contributed by atoms with Crippen molar-refractivity contribution >= 4 is 29.4 Å². The highest BCUT2D eigenvalue weighted by molar-refractivity contribution is 5.93. The number of carbonyl (C=O) groups is 4. The lowest BCUT2D eigenvalue weighted by molar-refractivity contribution is -0.148. The Bertz CT molecular complexity index is 783. The molecule has 3 amide bonds. The fourth-order valence-electron chi connectivity index (χ4n) is 1.90. The summed E-state index contributed by atoms with van der Waals surface area (Å²) in [6.45, 7) is 0.856. The van der Waals surface area contributed by atoms with Gasteiger partial charge in [0.25, 0.3) is 5.91 Å². The Morgan fingerprint density at radius 1 is 1.04 bits per heavy atom. The van der Waals surface area contributed by atoms with Crippen LogP contribution in [0.2, 0.25) is 0 Å². The summed E-state index contributed by atoms with van der Waals surface area (Å²) in [5.74, 6) is -2.09. The van der Waals surface area contributed by atoms with Crippen LogP contribution < -0.4 is 16.2 Å². The van der Waals surface area contributed by atoms with E-state index in [4.69, 9.17) is 9.15 Å². The third-order valence-corrected chi connectivity index (χ3v) is 3.05. The molecule has 3 N–H and O–H groups in total. The molecule has 26 heavy (non-hydrogen) atoms. The molecule has 9 heteroatoms. The molecule has 0 aliphatic heterocycles. The number of hydrogen-bond donors (Lipinski definition) is 3. The van der Waals surface area contributed by atoms with Crippen molar-refractivity contribution in [1.29, 1.82) is 0 Å². The van der Waals surface area contributed by atoms with Crippen LogP contribution in [0.15, 0.2) is 47.1 Å². The first-order valence-corrected chi connectivity index (χ1v) is 7.59. The number of carbonyl (C=O) groups excluding carboxylic acids is 4. The highest BCUT2D eigenvalue weighted by Gasteiger charge is 2.12. The van der Waals surface area contributed by atoms with E-state index in [0.29, 0.717) is 11.3 Å². The standard InChI is InChI=1S/C17H17N3O6/c1-11(21)18-13-6-4-12(5-7-13)9-16(23)26-10-15(22)19-20-17(24)14-3-2-8-25-14/h2-8H,9-10H2,1H3,(H,18,21)(H,19,22)(H,20,24). The van der Waals surface area contributed by atoms with Gasteiger partial charge in [0.2, 0.25) is 5.91 Å². The molecule has 9 nitrogen and oxygen atoms in total. The number of hydrazine groups is 1. The van der Waals surface area contributed by atoms with E-state index in [-0.39, 0.29) is 18.1 Å². The molecule has 2 rings (SSSR count). The Labute approximate surface area is 148 Å². The van der Waals surface area contributed by atoms with E-state index in [1.165, 1.54) is 25.3 Å². The second-order valence-corrected chi connectivity index (χ2v) is 5.20. The van der Waals surface area contributed by atoms with Gasteiger partial charge in [0.05, 0.1) is 12.7 Å². The number of rotatable bonds is 6. The fraction of sp³-hybridized carbons (Fsp3) is 0.176. The lowest BCUT2D eigenvalue weighted by Gasteiger charge is -2.07. The van der Waals surface area contributed by atoms with Gasteiger partial charge in [-0.2, -0.15) is 0 Å². The summed E-state index contributed by atoms with van der Waals surface area (Å²) in [6.07, 6.45) is 1.29. The summed E-state index contributed by atoms with van der Waals surface area (Å²) >= 11 is 0. The van der Waals surface area contributed by atoms with E-state index in [1.807, 2.05) is 0 Å². The normalized spacial score (nSPS) is 9.88. The second-order valence-electron chi connectivity index (χ2n) is 5.20. The molecule has 1 heterocycles. The maximum atomic E-state index is 11.7. The van der Waals surface area contributed by atoms with E-state index in [2.05, 4.69) is 16.2 Å². The lowest BCUT2D eigenvalue weighted by Crippen LogP contribution is -2.43. The molecule has 0 bridgehead atoms. The molecular weight excluding hydrogens is 342 g/mol. The molecule has 1 aromatic heterocycles. The molecule has 0 saturated heterocycles. The van der Waals surface area contributed by atoms with Crippen LogP contribution in [-0.2, 0) is 25.5 Å². The molecule has 1 aromatic carbocycles. The molecule has 0 aliphatic carbocycles. The van der Waals surface area contributed by atoms with Gasteiger partial charge in [-0.25, -0.2) is 0 Å². The van der Waals surface area contributed by atoms with Gasteiger partial charge in [-0.1, -0.05) is 12.1 Å². The molecule has 2 aromatic rings. The largest absolute Gasteiger partial charge is 0.459 e. The minimum Gasteiger partial charge on any atom is -0.459 e. The number of amides is 3. The highest BCUT2D eigenvalue weighted by atomic mass is 16.5. The number of ether oxygens (including phenoxy) is 1. The van der Waals surface area contributed by atoms with Crippen molar-refractivity contribution in [3.8, 4) is 0 Å². The molecule has 0 atom stereocenters. The Balaban J connectivity index is 1.70. The van der Waals surface area contributed by atoms with Gasteiger partial charge in [0.15, 0.2) is 12.4 Å². The first-order valence-electron chi connectivity index (χ1n) is 7.59. The minimum absolute atomic E-state index is 0.0324. The zero-order chi connectivity index (χ0) is 18.9. The zero-order valence-corrected chi connectivity index (χ0v) is 13.9. The fourth-order valence-corrected chi connectivity index (χ4v) is 1.90. The maximum Gasteiger partial charge on any atom is 0.310 e. The number of anilines is 1. The van der Waals surface area contributed by atoms with Crippen molar-refractivity contribution in [2.45, 2.75) is 13.3 Å². The predicted molar refractivity (Wildman–Crippen MR) is 89.7 cm³/mol. The summed E-state index contributed by atoms with van der Waals surface area (Å²) in [5, 5.41) is 2.61. The molecular formula is C17H17N3O6. The van der Waals surface area contributed by atoms with Gasteiger partial charge in [-0.05, 0) is 29.8 Å². The third kappa shape index (κ3) is 6.11. The van der Waals surface area contributed by atoms with Gasteiger partial charge in [0, 0.05) is 12.6 Å². The number of hydrogen-bond acceptors (Lipinski definition) is 6. The number of furan rings is 1. The van der Waals surface area contributed by atoms with Crippen molar-refractivity contribution in [3.63, 3.8) is 0 Å². The van der Waals surface area contributed by atoms with Crippen molar-refractivity contribution in [2.75, 3.05) is 11.9 Å². The summed E-state index contributed by atoms with van der Waals surface area (Å²) in [7, 11) is 0. The average molecular weight is 359 g/mol. The molecule has 0 unspecified atom stereocenters. The molecule has 0 fully saturated rings. The number of esters is 1. The lowest BCUT2D eigenvalue weighted by atomic mass is 10.1. The smallest absolute Gasteiger partial charge is 0.310 e. The van der Waals surface area contributed by atoms with Gasteiger partial charge >= 0.3 is 11.9 Å². The van der Waals surface area contributed by atoms with Crippen LogP contribution in [0.25, 0.3) is 0 Å². The van der Waals surface area contributed by atoms with Crippen LogP contribution >= 0.6 is 0 Å². The third-order valence-electron chi connectivity index (χ3n) is 3.05. The van der Waals surface area contributed by atoms with E-state index in [1.54, 1.807) is 24.3 Å². The van der Waals surface area contributed by atoms with E-state index >= 15 is 0 Å². The monoisotopic (exact) mass is 359 g/mol. The average Bonchev–Trinajstić information content (AvgIpc) is 3.14. The summed E-state index contributed by atoms with van der Waals surface area (Å²) in [5.41, 5.74) is 5.50. The van der Waals surface area contributed by atoms with E-state index < -0.39 is 24.4 Å². The van der Waals surface area contributed by atoms with Crippen LogP contribution in [0, 0.1) is 0 Å². The molecule has 0 radical (unpaired) electrons. The Morgan fingerprint density at radius 2 is 1.77 bits per heavy atom. The number of nitrogens with one attached hydrogen (secondary N) is 3. The molecule has 136 valence electrons. The Kier molecular flexibility index (Phi) is 6.49. The summed E-state index contributed by atoms with van der Waals surface area (Å²) < 4.78 is 9.68. The van der Waals surface area contributed by atoms with Gasteiger partial charge < -0.3 is 14.5 Å². The van der Waals surface area contributed by atoms with Crippen LogP contribution in [0.4, 0.5) is 5.69 Å². The molecule has 0 aliphatic rings. The second kappa shape index (κ2) is 9.02. The first kappa shape index (κ1) is 18.7. The number of benzene rings is 1. The van der Waals surface area contributed by atoms with Crippen LogP contribution in [0.3, 0.4) is 0 Å². The molecule has 0 spiro atoms.